The minimum absolute atomic E-state index is 0.119. The van der Waals surface area contributed by atoms with Crippen LogP contribution in [0.15, 0.2) is 0 Å². The second kappa shape index (κ2) is 8.52. The first kappa shape index (κ1) is 15.5. The van der Waals surface area contributed by atoms with Gasteiger partial charge in [-0.1, -0.05) is 39.5 Å². The van der Waals surface area contributed by atoms with Crippen molar-refractivity contribution in [3.63, 3.8) is 0 Å². The lowest BCUT2D eigenvalue weighted by atomic mass is 9.99. The van der Waals surface area contributed by atoms with Crippen molar-refractivity contribution in [1.82, 2.24) is 5.32 Å². The van der Waals surface area contributed by atoms with Gasteiger partial charge < -0.3 is 10.4 Å². The fourth-order valence-corrected chi connectivity index (χ4v) is 2.84. The molecular weight excluding hydrogens is 226 g/mol. The summed E-state index contributed by atoms with van der Waals surface area (Å²) in [6, 6.07) is 0.119. The van der Waals surface area contributed by atoms with Crippen LogP contribution in [-0.2, 0) is 4.79 Å². The maximum absolute atomic E-state index is 11.8. The molecule has 3 heteroatoms. The van der Waals surface area contributed by atoms with E-state index in [9.17, 15) is 4.79 Å². The van der Waals surface area contributed by atoms with Crippen molar-refractivity contribution in [3.05, 3.63) is 0 Å². The molecule has 0 radical (unpaired) electrons. The standard InChI is InChI=1S/C15H29NO2/c1-12(2)14(10-11-17)16-15(18)9-5-8-13-6-3-4-7-13/h12-14,17H,3-11H2,1-2H3,(H,16,18). The Bertz CT molecular complexity index is 235. The van der Waals surface area contributed by atoms with Crippen LogP contribution in [0.2, 0.25) is 0 Å². The second-order valence-corrected chi connectivity index (χ2v) is 5.97. The third kappa shape index (κ3) is 5.85. The molecule has 1 rings (SSSR count). The van der Waals surface area contributed by atoms with Gasteiger partial charge in [-0.2, -0.15) is 0 Å². The van der Waals surface area contributed by atoms with Crippen LogP contribution in [-0.4, -0.2) is 23.7 Å². The minimum atomic E-state index is 0.119. The van der Waals surface area contributed by atoms with Gasteiger partial charge in [0.1, 0.15) is 0 Å². The molecule has 0 heterocycles. The zero-order valence-electron chi connectivity index (χ0n) is 12.0. The second-order valence-electron chi connectivity index (χ2n) is 5.97. The molecule has 1 saturated carbocycles. The highest BCUT2D eigenvalue weighted by atomic mass is 16.3. The maximum atomic E-state index is 11.8. The van der Waals surface area contributed by atoms with Gasteiger partial charge in [-0.25, -0.2) is 0 Å². The molecule has 1 amide bonds. The van der Waals surface area contributed by atoms with E-state index in [1.54, 1.807) is 0 Å². The summed E-state index contributed by atoms with van der Waals surface area (Å²) in [6.07, 6.45) is 9.00. The lowest BCUT2D eigenvalue weighted by Gasteiger charge is -2.21. The van der Waals surface area contributed by atoms with E-state index in [1.165, 1.54) is 32.1 Å². The Morgan fingerprint density at radius 2 is 2.00 bits per heavy atom. The zero-order valence-corrected chi connectivity index (χ0v) is 12.0. The largest absolute Gasteiger partial charge is 0.396 e. The van der Waals surface area contributed by atoms with Gasteiger partial charge in [0.2, 0.25) is 5.91 Å². The molecule has 1 aliphatic rings. The SMILES string of the molecule is CC(C)C(CCO)NC(=O)CCCC1CCCC1. The summed E-state index contributed by atoms with van der Waals surface area (Å²) < 4.78 is 0. The topological polar surface area (TPSA) is 49.3 Å². The van der Waals surface area contributed by atoms with Crippen LogP contribution in [0.4, 0.5) is 0 Å². The Hall–Kier alpha value is -0.570. The molecule has 1 fully saturated rings. The number of aliphatic hydroxyl groups is 1. The fraction of sp³-hybridized carbons (Fsp3) is 0.933. The maximum Gasteiger partial charge on any atom is 0.220 e. The van der Waals surface area contributed by atoms with Crippen LogP contribution in [0.5, 0.6) is 0 Å². The predicted molar refractivity (Wildman–Crippen MR) is 74.3 cm³/mol. The Kier molecular flexibility index (Phi) is 7.33. The first-order valence-corrected chi connectivity index (χ1v) is 7.53. The van der Waals surface area contributed by atoms with E-state index < -0.39 is 0 Å². The predicted octanol–water partition coefficient (Wildman–Crippen LogP) is 2.87. The third-order valence-corrected chi connectivity index (χ3v) is 4.08. The van der Waals surface area contributed by atoms with Crippen LogP contribution >= 0.6 is 0 Å². The molecule has 0 bridgehead atoms. The molecule has 0 aromatic rings. The van der Waals surface area contributed by atoms with E-state index in [-0.39, 0.29) is 18.6 Å². The van der Waals surface area contributed by atoms with E-state index in [0.717, 1.165) is 12.3 Å². The van der Waals surface area contributed by atoms with E-state index in [1.807, 2.05) is 0 Å². The van der Waals surface area contributed by atoms with Gasteiger partial charge in [-0.3, -0.25) is 4.79 Å². The van der Waals surface area contributed by atoms with Crippen molar-refractivity contribution in [2.45, 2.75) is 71.3 Å². The number of nitrogens with one attached hydrogen (secondary N) is 1. The molecule has 0 aromatic carbocycles. The van der Waals surface area contributed by atoms with Crippen LogP contribution in [0.1, 0.15) is 65.2 Å². The number of hydrogen-bond acceptors (Lipinski definition) is 2. The van der Waals surface area contributed by atoms with E-state index in [0.29, 0.717) is 18.8 Å². The molecule has 0 aliphatic heterocycles. The number of rotatable bonds is 8. The Balaban J connectivity index is 2.14. The van der Waals surface area contributed by atoms with Gasteiger partial charge in [-0.05, 0) is 31.1 Å². The summed E-state index contributed by atoms with van der Waals surface area (Å²) in [6.45, 7) is 4.31. The van der Waals surface area contributed by atoms with Gasteiger partial charge in [0.15, 0.2) is 0 Å². The first-order chi connectivity index (χ1) is 8.63. The summed E-state index contributed by atoms with van der Waals surface area (Å²) in [5.41, 5.74) is 0. The minimum Gasteiger partial charge on any atom is -0.396 e. The van der Waals surface area contributed by atoms with Crippen LogP contribution < -0.4 is 5.32 Å². The lowest BCUT2D eigenvalue weighted by Crippen LogP contribution is -2.39. The third-order valence-electron chi connectivity index (χ3n) is 4.08. The number of amides is 1. The highest BCUT2D eigenvalue weighted by molar-refractivity contribution is 5.76. The fourth-order valence-electron chi connectivity index (χ4n) is 2.84. The molecule has 0 spiro atoms. The molecule has 106 valence electrons. The Labute approximate surface area is 111 Å². The van der Waals surface area contributed by atoms with Crippen molar-refractivity contribution in [1.29, 1.82) is 0 Å². The van der Waals surface area contributed by atoms with E-state index in [2.05, 4.69) is 19.2 Å². The normalized spacial score (nSPS) is 18.2. The molecule has 1 aliphatic carbocycles. The lowest BCUT2D eigenvalue weighted by molar-refractivity contribution is -0.122. The van der Waals surface area contributed by atoms with Gasteiger partial charge >= 0.3 is 0 Å². The monoisotopic (exact) mass is 255 g/mol. The van der Waals surface area contributed by atoms with Crippen molar-refractivity contribution in [2.75, 3.05) is 6.61 Å². The summed E-state index contributed by atoms with van der Waals surface area (Å²) >= 11 is 0. The van der Waals surface area contributed by atoms with E-state index in [4.69, 9.17) is 5.11 Å². The Morgan fingerprint density at radius 1 is 1.33 bits per heavy atom. The summed E-state index contributed by atoms with van der Waals surface area (Å²) in [7, 11) is 0. The van der Waals surface area contributed by atoms with Crippen LogP contribution in [0, 0.1) is 11.8 Å². The molecule has 0 aromatic heterocycles. The van der Waals surface area contributed by atoms with Crippen molar-refractivity contribution in [2.24, 2.45) is 11.8 Å². The van der Waals surface area contributed by atoms with Gasteiger partial charge in [0.25, 0.3) is 0 Å². The number of hydrogen-bond donors (Lipinski definition) is 2. The smallest absolute Gasteiger partial charge is 0.220 e. The number of carbonyl (C=O) groups is 1. The average molecular weight is 255 g/mol. The van der Waals surface area contributed by atoms with Crippen molar-refractivity contribution >= 4 is 5.91 Å². The Morgan fingerprint density at radius 3 is 2.56 bits per heavy atom. The van der Waals surface area contributed by atoms with Crippen LogP contribution in [0.3, 0.4) is 0 Å². The first-order valence-electron chi connectivity index (χ1n) is 7.53. The highest BCUT2D eigenvalue weighted by Gasteiger charge is 2.17. The van der Waals surface area contributed by atoms with Crippen LogP contribution in [0.25, 0.3) is 0 Å². The van der Waals surface area contributed by atoms with Gasteiger partial charge in [0.05, 0.1) is 0 Å². The van der Waals surface area contributed by atoms with Crippen molar-refractivity contribution < 1.29 is 9.90 Å². The van der Waals surface area contributed by atoms with E-state index >= 15 is 0 Å². The molecular formula is C15H29NO2. The van der Waals surface area contributed by atoms with Gasteiger partial charge in [0, 0.05) is 19.1 Å². The molecule has 18 heavy (non-hydrogen) atoms. The quantitative estimate of drug-likeness (QED) is 0.700. The molecule has 1 atom stereocenters. The summed E-state index contributed by atoms with van der Waals surface area (Å²) in [5.74, 6) is 1.41. The number of carbonyl (C=O) groups excluding carboxylic acids is 1. The highest BCUT2D eigenvalue weighted by Crippen LogP contribution is 2.28. The van der Waals surface area contributed by atoms with Gasteiger partial charge in [-0.15, -0.1) is 0 Å². The average Bonchev–Trinajstić information content (AvgIpc) is 2.81. The van der Waals surface area contributed by atoms with Crippen molar-refractivity contribution in [3.8, 4) is 0 Å². The molecule has 3 nitrogen and oxygen atoms in total. The zero-order chi connectivity index (χ0) is 13.4. The molecule has 1 unspecified atom stereocenters. The summed E-state index contributed by atoms with van der Waals surface area (Å²) in [5, 5.41) is 12.0. The summed E-state index contributed by atoms with van der Waals surface area (Å²) in [4.78, 5) is 11.8. The molecule has 2 N–H and O–H groups in total. The molecule has 0 saturated heterocycles. The number of aliphatic hydroxyl groups excluding tert-OH is 1.